The van der Waals surface area contributed by atoms with E-state index in [0.717, 1.165) is 5.56 Å². The van der Waals surface area contributed by atoms with Gasteiger partial charge in [-0.15, -0.1) is 10.2 Å². The van der Waals surface area contributed by atoms with Crippen molar-refractivity contribution in [1.82, 2.24) is 20.0 Å². The van der Waals surface area contributed by atoms with Crippen LogP contribution < -0.4 is 9.46 Å². The number of hydrogen-bond acceptors (Lipinski definition) is 6. The highest BCUT2D eigenvalue weighted by atomic mass is 32.2. The fourth-order valence-electron chi connectivity index (χ4n) is 2.92. The molecule has 0 aliphatic carbocycles. The lowest BCUT2D eigenvalue weighted by molar-refractivity contribution is 0.454. The Kier molecular flexibility index (Phi) is 5.20. The van der Waals surface area contributed by atoms with Gasteiger partial charge in [0.25, 0.3) is 10.0 Å². The van der Waals surface area contributed by atoms with Crippen LogP contribution >= 0.6 is 0 Å². The Balaban J connectivity index is 1.45. The van der Waals surface area contributed by atoms with Gasteiger partial charge in [-0.05, 0) is 61.9 Å². The molecular formula is C21H19N5O3S. The zero-order chi connectivity index (χ0) is 21.1. The Morgan fingerprint density at radius 2 is 1.77 bits per heavy atom. The van der Waals surface area contributed by atoms with Crippen LogP contribution in [0.4, 0.5) is 5.69 Å². The van der Waals surface area contributed by atoms with E-state index < -0.39 is 10.0 Å². The molecule has 0 atom stereocenters. The first-order valence-corrected chi connectivity index (χ1v) is 10.6. The van der Waals surface area contributed by atoms with E-state index in [9.17, 15) is 8.42 Å². The van der Waals surface area contributed by atoms with E-state index in [1.807, 2.05) is 13.0 Å². The average molecular weight is 421 g/mol. The molecule has 2 aromatic carbocycles. The number of anilines is 1. The minimum atomic E-state index is -3.68. The van der Waals surface area contributed by atoms with Crippen molar-refractivity contribution in [2.45, 2.75) is 18.7 Å². The van der Waals surface area contributed by atoms with E-state index in [2.05, 4.69) is 20.0 Å². The maximum atomic E-state index is 12.7. The van der Waals surface area contributed by atoms with Gasteiger partial charge in [0.05, 0.1) is 4.90 Å². The van der Waals surface area contributed by atoms with Crippen LogP contribution in [0.3, 0.4) is 0 Å². The Morgan fingerprint density at radius 3 is 2.40 bits per heavy atom. The van der Waals surface area contributed by atoms with Crippen molar-refractivity contribution in [1.29, 1.82) is 0 Å². The van der Waals surface area contributed by atoms with E-state index in [-0.39, 0.29) is 4.90 Å². The number of aromatic nitrogens is 4. The molecule has 0 saturated carbocycles. The molecule has 30 heavy (non-hydrogen) atoms. The average Bonchev–Trinajstić information content (AvgIpc) is 3.24. The Hall–Kier alpha value is -3.72. The molecule has 0 aliphatic heterocycles. The van der Waals surface area contributed by atoms with Crippen LogP contribution in [0, 0.1) is 13.8 Å². The van der Waals surface area contributed by atoms with Crippen LogP contribution in [0.25, 0.3) is 5.82 Å². The summed E-state index contributed by atoms with van der Waals surface area (Å²) in [5.41, 5.74) is 2.13. The van der Waals surface area contributed by atoms with Crippen molar-refractivity contribution >= 4 is 15.7 Å². The van der Waals surface area contributed by atoms with Gasteiger partial charge in [0.2, 0.25) is 5.88 Å². The highest BCUT2D eigenvalue weighted by molar-refractivity contribution is 7.92. The lowest BCUT2D eigenvalue weighted by atomic mass is 10.2. The summed E-state index contributed by atoms with van der Waals surface area (Å²) < 4.78 is 35.2. The molecule has 152 valence electrons. The molecule has 2 heterocycles. The number of benzene rings is 2. The summed E-state index contributed by atoms with van der Waals surface area (Å²) >= 11 is 0. The number of ether oxygens (including phenoxy) is 1. The minimum Gasteiger partial charge on any atom is -0.438 e. The van der Waals surface area contributed by atoms with Gasteiger partial charge in [-0.3, -0.25) is 4.72 Å². The maximum absolute atomic E-state index is 12.7. The first-order valence-electron chi connectivity index (χ1n) is 9.12. The first-order chi connectivity index (χ1) is 14.4. The number of aryl methyl sites for hydroxylation is 2. The molecule has 4 rings (SSSR count). The molecule has 8 nitrogen and oxygen atoms in total. The number of sulfonamides is 1. The van der Waals surface area contributed by atoms with Crippen LogP contribution in [-0.2, 0) is 10.0 Å². The molecule has 0 spiro atoms. The lowest BCUT2D eigenvalue weighted by Gasteiger charge is -2.11. The first kappa shape index (κ1) is 19.6. The molecule has 1 N–H and O–H groups in total. The van der Waals surface area contributed by atoms with E-state index in [4.69, 9.17) is 4.74 Å². The van der Waals surface area contributed by atoms with Gasteiger partial charge in [-0.25, -0.2) is 13.1 Å². The molecule has 0 fully saturated rings. The molecule has 0 bridgehead atoms. The maximum Gasteiger partial charge on any atom is 0.262 e. The van der Waals surface area contributed by atoms with Crippen LogP contribution in [0.5, 0.6) is 11.6 Å². The zero-order valence-corrected chi connectivity index (χ0v) is 17.2. The van der Waals surface area contributed by atoms with Crippen LogP contribution in [0.2, 0.25) is 0 Å². The van der Waals surface area contributed by atoms with E-state index in [1.165, 1.54) is 0 Å². The second-order valence-corrected chi connectivity index (χ2v) is 8.33. The second kappa shape index (κ2) is 7.96. The molecule has 0 radical (unpaired) electrons. The zero-order valence-electron chi connectivity index (χ0n) is 16.4. The quantitative estimate of drug-likeness (QED) is 0.507. The van der Waals surface area contributed by atoms with Crippen molar-refractivity contribution in [3.63, 3.8) is 0 Å². The fraction of sp³-hybridized carbons (Fsp3) is 0.0952. The largest absolute Gasteiger partial charge is 0.438 e. The van der Waals surface area contributed by atoms with Crippen molar-refractivity contribution in [2.75, 3.05) is 4.72 Å². The third kappa shape index (κ3) is 4.31. The molecular weight excluding hydrogens is 402 g/mol. The molecule has 2 aromatic heterocycles. The highest BCUT2D eigenvalue weighted by Crippen LogP contribution is 2.24. The second-order valence-electron chi connectivity index (χ2n) is 6.68. The topological polar surface area (TPSA) is 99.0 Å². The third-order valence-electron chi connectivity index (χ3n) is 4.31. The molecule has 0 amide bonds. The number of nitrogens with zero attached hydrogens (tertiary/aromatic N) is 4. The fourth-order valence-corrected chi connectivity index (χ4v) is 4.20. The van der Waals surface area contributed by atoms with E-state index >= 15 is 0 Å². The minimum absolute atomic E-state index is 0.251. The summed E-state index contributed by atoms with van der Waals surface area (Å²) in [6, 6.07) is 17.0. The van der Waals surface area contributed by atoms with Gasteiger partial charge in [0.15, 0.2) is 5.82 Å². The van der Waals surface area contributed by atoms with Gasteiger partial charge >= 0.3 is 0 Å². The Bertz CT molecular complexity index is 1250. The predicted molar refractivity (Wildman–Crippen MR) is 112 cm³/mol. The smallest absolute Gasteiger partial charge is 0.262 e. The molecule has 9 heteroatoms. The van der Waals surface area contributed by atoms with E-state index in [0.29, 0.717) is 28.7 Å². The van der Waals surface area contributed by atoms with Gasteiger partial charge in [-0.2, -0.15) is 5.10 Å². The van der Waals surface area contributed by atoms with Gasteiger partial charge < -0.3 is 4.74 Å². The standard InChI is InChI=1S/C21H19N5O3S/c1-15-4-9-19(16(2)14-15)30(27,28)25-17-5-7-18(8-6-17)29-21-11-10-20(23-24-21)26-13-3-12-22-26/h3-14,25H,1-2H3. The number of nitrogens with one attached hydrogen (secondary N) is 1. The van der Waals surface area contributed by atoms with Crippen molar-refractivity contribution < 1.29 is 13.2 Å². The van der Waals surface area contributed by atoms with E-state index in [1.54, 1.807) is 78.6 Å². The number of rotatable bonds is 6. The summed E-state index contributed by atoms with van der Waals surface area (Å²) in [4.78, 5) is 0.251. The monoisotopic (exact) mass is 421 g/mol. The Labute approximate surface area is 174 Å². The summed E-state index contributed by atoms with van der Waals surface area (Å²) in [5.74, 6) is 1.39. The van der Waals surface area contributed by atoms with Gasteiger partial charge in [-0.1, -0.05) is 17.7 Å². The van der Waals surface area contributed by atoms with Crippen LogP contribution in [-0.4, -0.2) is 28.4 Å². The van der Waals surface area contributed by atoms with Crippen molar-refractivity contribution in [3.05, 3.63) is 84.2 Å². The summed E-state index contributed by atoms with van der Waals surface area (Å²) in [5, 5.41) is 12.2. The summed E-state index contributed by atoms with van der Waals surface area (Å²) in [7, 11) is -3.68. The summed E-state index contributed by atoms with van der Waals surface area (Å²) in [6.07, 6.45) is 3.42. The third-order valence-corrected chi connectivity index (χ3v) is 5.86. The van der Waals surface area contributed by atoms with Crippen LogP contribution in [0.15, 0.2) is 78.0 Å². The SMILES string of the molecule is Cc1ccc(S(=O)(=O)Nc2ccc(Oc3ccc(-n4cccn4)nn3)cc2)c(C)c1. The summed E-state index contributed by atoms with van der Waals surface area (Å²) in [6.45, 7) is 3.70. The molecule has 0 aliphatic rings. The number of hydrogen-bond donors (Lipinski definition) is 1. The molecule has 4 aromatic rings. The normalized spacial score (nSPS) is 11.3. The predicted octanol–water partition coefficient (Wildman–Crippen LogP) is 3.87. The molecule has 0 saturated heterocycles. The molecule has 0 unspecified atom stereocenters. The lowest BCUT2D eigenvalue weighted by Crippen LogP contribution is -2.14. The van der Waals surface area contributed by atoms with Crippen LogP contribution in [0.1, 0.15) is 11.1 Å². The van der Waals surface area contributed by atoms with Gasteiger partial charge in [0.1, 0.15) is 5.75 Å². The van der Waals surface area contributed by atoms with Gasteiger partial charge in [0, 0.05) is 24.1 Å². The Morgan fingerprint density at radius 1 is 0.967 bits per heavy atom. The van der Waals surface area contributed by atoms with Crippen molar-refractivity contribution in [2.24, 2.45) is 0 Å². The highest BCUT2D eigenvalue weighted by Gasteiger charge is 2.17. The van der Waals surface area contributed by atoms with Crippen molar-refractivity contribution in [3.8, 4) is 17.4 Å².